The van der Waals surface area contributed by atoms with Crippen molar-refractivity contribution in [2.24, 2.45) is 0 Å². The van der Waals surface area contributed by atoms with E-state index < -0.39 is 0 Å². The minimum Gasteiger partial charge on any atom is -0.345 e. The van der Waals surface area contributed by atoms with Crippen LogP contribution in [-0.2, 0) is 6.42 Å². The first-order valence-corrected chi connectivity index (χ1v) is 8.18. The molecule has 3 rings (SSSR count). The molecule has 0 aliphatic carbocycles. The quantitative estimate of drug-likeness (QED) is 0.874. The molecule has 5 heteroatoms. The number of amides is 1. The standard InChI is InChI=1S/C16H19N3OS/c1-2-13-3-5-14(6-4-13)15(20)18-8-10-19(11-9-18)16-17-7-12-21-16/h3-7,12H,2,8-11H2,1H3. The molecule has 0 saturated carbocycles. The fourth-order valence-corrected chi connectivity index (χ4v) is 3.24. The average molecular weight is 301 g/mol. The number of thiazole rings is 1. The summed E-state index contributed by atoms with van der Waals surface area (Å²) >= 11 is 1.65. The maximum Gasteiger partial charge on any atom is 0.253 e. The van der Waals surface area contributed by atoms with Gasteiger partial charge in [-0.3, -0.25) is 4.79 Å². The number of rotatable bonds is 3. The molecule has 1 aliphatic rings. The Hall–Kier alpha value is -1.88. The lowest BCUT2D eigenvalue weighted by Crippen LogP contribution is -2.48. The van der Waals surface area contributed by atoms with Crippen LogP contribution in [-0.4, -0.2) is 42.0 Å². The summed E-state index contributed by atoms with van der Waals surface area (Å²) in [4.78, 5) is 21.0. The number of carbonyl (C=O) groups excluding carboxylic acids is 1. The van der Waals surface area contributed by atoms with Gasteiger partial charge in [0.05, 0.1) is 0 Å². The van der Waals surface area contributed by atoms with Gasteiger partial charge in [-0.25, -0.2) is 4.98 Å². The number of hydrogen-bond acceptors (Lipinski definition) is 4. The third kappa shape index (κ3) is 3.08. The minimum atomic E-state index is 0.136. The highest BCUT2D eigenvalue weighted by Crippen LogP contribution is 2.19. The van der Waals surface area contributed by atoms with Crippen LogP contribution in [0.1, 0.15) is 22.8 Å². The van der Waals surface area contributed by atoms with E-state index in [9.17, 15) is 4.79 Å². The van der Waals surface area contributed by atoms with Crippen molar-refractivity contribution in [2.75, 3.05) is 31.1 Å². The summed E-state index contributed by atoms with van der Waals surface area (Å²) in [6, 6.07) is 7.96. The van der Waals surface area contributed by atoms with Crippen LogP contribution in [0, 0.1) is 0 Å². The molecule has 1 aromatic carbocycles. The molecule has 0 N–H and O–H groups in total. The molecule has 1 fully saturated rings. The molecule has 4 nitrogen and oxygen atoms in total. The monoisotopic (exact) mass is 301 g/mol. The number of anilines is 1. The number of aryl methyl sites for hydroxylation is 1. The lowest BCUT2D eigenvalue weighted by molar-refractivity contribution is 0.0747. The van der Waals surface area contributed by atoms with E-state index in [-0.39, 0.29) is 5.91 Å². The predicted octanol–water partition coefficient (Wildman–Crippen LogP) is 2.67. The highest BCUT2D eigenvalue weighted by Gasteiger charge is 2.23. The fourth-order valence-electron chi connectivity index (χ4n) is 2.54. The first-order valence-electron chi connectivity index (χ1n) is 7.30. The highest BCUT2D eigenvalue weighted by atomic mass is 32.1. The average Bonchev–Trinajstić information content (AvgIpc) is 3.09. The first kappa shape index (κ1) is 14.1. The van der Waals surface area contributed by atoms with Crippen molar-refractivity contribution in [3.63, 3.8) is 0 Å². The Labute approximate surface area is 129 Å². The maximum atomic E-state index is 12.5. The zero-order valence-electron chi connectivity index (χ0n) is 12.2. The summed E-state index contributed by atoms with van der Waals surface area (Å²) in [5, 5.41) is 3.04. The van der Waals surface area contributed by atoms with Crippen LogP contribution < -0.4 is 4.90 Å². The molecule has 0 bridgehead atoms. The van der Waals surface area contributed by atoms with E-state index in [1.807, 2.05) is 40.7 Å². The number of nitrogens with zero attached hydrogens (tertiary/aromatic N) is 3. The van der Waals surface area contributed by atoms with Gasteiger partial charge < -0.3 is 9.80 Å². The molecule has 1 saturated heterocycles. The summed E-state index contributed by atoms with van der Waals surface area (Å²) in [6.07, 6.45) is 2.83. The summed E-state index contributed by atoms with van der Waals surface area (Å²) in [6.45, 7) is 5.34. The van der Waals surface area contributed by atoms with E-state index in [4.69, 9.17) is 0 Å². The lowest BCUT2D eigenvalue weighted by atomic mass is 10.1. The van der Waals surface area contributed by atoms with Crippen molar-refractivity contribution in [1.29, 1.82) is 0 Å². The largest absolute Gasteiger partial charge is 0.345 e. The molecule has 0 atom stereocenters. The molecular formula is C16H19N3OS. The molecule has 1 aromatic heterocycles. The van der Waals surface area contributed by atoms with Crippen LogP contribution in [0.3, 0.4) is 0 Å². The van der Waals surface area contributed by atoms with Gasteiger partial charge in [0.25, 0.3) is 5.91 Å². The van der Waals surface area contributed by atoms with Gasteiger partial charge in [-0.15, -0.1) is 11.3 Å². The Balaban J connectivity index is 1.62. The molecule has 0 unspecified atom stereocenters. The van der Waals surface area contributed by atoms with Crippen LogP contribution in [0.2, 0.25) is 0 Å². The fraction of sp³-hybridized carbons (Fsp3) is 0.375. The zero-order valence-corrected chi connectivity index (χ0v) is 13.0. The molecule has 110 valence electrons. The lowest BCUT2D eigenvalue weighted by Gasteiger charge is -2.34. The first-order chi connectivity index (χ1) is 10.3. The van der Waals surface area contributed by atoms with Gasteiger partial charge in [0.2, 0.25) is 0 Å². The van der Waals surface area contributed by atoms with Gasteiger partial charge >= 0.3 is 0 Å². The summed E-state index contributed by atoms with van der Waals surface area (Å²) in [5.41, 5.74) is 2.05. The van der Waals surface area contributed by atoms with Gasteiger partial charge in [0.15, 0.2) is 5.13 Å². The topological polar surface area (TPSA) is 36.4 Å². The van der Waals surface area contributed by atoms with E-state index in [2.05, 4.69) is 16.8 Å². The highest BCUT2D eigenvalue weighted by molar-refractivity contribution is 7.13. The van der Waals surface area contributed by atoms with Crippen molar-refractivity contribution >= 4 is 22.4 Å². The molecule has 0 radical (unpaired) electrons. The molecule has 21 heavy (non-hydrogen) atoms. The molecule has 1 amide bonds. The van der Waals surface area contributed by atoms with Gasteiger partial charge in [-0.2, -0.15) is 0 Å². The molecule has 0 spiro atoms. The molecule has 1 aliphatic heterocycles. The van der Waals surface area contributed by atoms with Crippen molar-refractivity contribution in [2.45, 2.75) is 13.3 Å². The van der Waals surface area contributed by atoms with Crippen molar-refractivity contribution in [1.82, 2.24) is 9.88 Å². The normalized spacial score (nSPS) is 15.3. The number of hydrogen-bond donors (Lipinski definition) is 0. The number of aromatic nitrogens is 1. The second-order valence-corrected chi connectivity index (χ2v) is 6.02. The van der Waals surface area contributed by atoms with Crippen LogP contribution in [0.15, 0.2) is 35.8 Å². The maximum absolute atomic E-state index is 12.5. The number of benzene rings is 1. The smallest absolute Gasteiger partial charge is 0.253 e. The minimum absolute atomic E-state index is 0.136. The number of piperazine rings is 1. The summed E-state index contributed by atoms with van der Waals surface area (Å²) < 4.78 is 0. The van der Waals surface area contributed by atoms with Crippen LogP contribution >= 0.6 is 11.3 Å². The molecule has 2 heterocycles. The zero-order chi connectivity index (χ0) is 14.7. The Morgan fingerprint density at radius 1 is 1.19 bits per heavy atom. The Morgan fingerprint density at radius 3 is 2.48 bits per heavy atom. The van der Waals surface area contributed by atoms with E-state index >= 15 is 0 Å². The van der Waals surface area contributed by atoms with Crippen molar-refractivity contribution in [3.05, 3.63) is 47.0 Å². The van der Waals surface area contributed by atoms with E-state index in [1.54, 1.807) is 11.3 Å². The van der Waals surface area contributed by atoms with E-state index in [1.165, 1.54) is 5.56 Å². The molecule has 2 aromatic rings. The second kappa shape index (κ2) is 6.26. The van der Waals surface area contributed by atoms with Crippen LogP contribution in [0.5, 0.6) is 0 Å². The summed E-state index contributed by atoms with van der Waals surface area (Å²) in [7, 11) is 0. The second-order valence-electron chi connectivity index (χ2n) is 5.14. The Morgan fingerprint density at radius 2 is 1.90 bits per heavy atom. The van der Waals surface area contributed by atoms with E-state index in [0.717, 1.165) is 43.3 Å². The van der Waals surface area contributed by atoms with Crippen LogP contribution in [0.25, 0.3) is 0 Å². The van der Waals surface area contributed by atoms with Crippen molar-refractivity contribution in [3.8, 4) is 0 Å². The van der Waals surface area contributed by atoms with E-state index in [0.29, 0.717) is 0 Å². The Kier molecular flexibility index (Phi) is 4.20. The third-order valence-electron chi connectivity index (χ3n) is 3.87. The SMILES string of the molecule is CCc1ccc(C(=O)N2CCN(c3nccs3)CC2)cc1. The van der Waals surface area contributed by atoms with Gasteiger partial charge in [0.1, 0.15) is 0 Å². The van der Waals surface area contributed by atoms with Gasteiger partial charge in [-0.1, -0.05) is 19.1 Å². The Bertz CT molecular complexity index is 586. The van der Waals surface area contributed by atoms with Gasteiger partial charge in [0, 0.05) is 43.3 Å². The third-order valence-corrected chi connectivity index (χ3v) is 4.70. The number of carbonyl (C=O) groups is 1. The predicted molar refractivity (Wildman–Crippen MR) is 86.1 cm³/mol. The van der Waals surface area contributed by atoms with Crippen molar-refractivity contribution < 1.29 is 4.79 Å². The molecular weight excluding hydrogens is 282 g/mol. The van der Waals surface area contributed by atoms with Crippen LogP contribution in [0.4, 0.5) is 5.13 Å². The summed E-state index contributed by atoms with van der Waals surface area (Å²) in [5.74, 6) is 0.136. The van der Waals surface area contributed by atoms with Gasteiger partial charge in [-0.05, 0) is 24.1 Å².